The summed E-state index contributed by atoms with van der Waals surface area (Å²) < 4.78 is 6.15. The van der Waals surface area contributed by atoms with Gasteiger partial charge < -0.3 is 10.5 Å². The van der Waals surface area contributed by atoms with Crippen molar-refractivity contribution in [3.63, 3.8) is 0 Å². The summed E-state index contributed by atoms with van der Waals surface area (Å²) in [4.78, 5) is 0. The Kier molecular flexibility index (Phi) is 5.25. The van der Waals surface area contributed by atoms with Crippen LogP contribution in [0.3, 0.4) is 0 Å². The van der Waals surface area contributed by atoms with Gasteiger partial charge in [0.15, 0.2) is 0 Å². The van der Waals surface area contributed by atoms with Gasteiger partial charge in [-0.1, -0.05) is 43.1 Å². The second-order valence-corrected chi connectivity index (χ2v) is 7.63. The second kappa shape index (κ2) is 6.45. The number of benzene rings is 1. The number of halogens is 2. The van der Waals surface area contributed by atoms with Crippen molar-refractivity contribution in [2.45, 2.75) is 58.1 Å². The van der Waals surface area contributed by atoms with Gasteiger partial charge in [-0.2, -0.15) is 0 Å². The first-order valence-corrected chi connectivity index (χ1v) is 8.40. The Morgan fingerprint density at radius 3 is 2.29 bits per heavy atom. The summed E-state index contributed by atoms with van der Waals surface area (Å²) in [6, 6.07) is 5.46. The molecule has 0 heterocycles. The lowest BCUT2D eigenvalue weighted by Crippen LogP contribution is -2.48. The fraction of sp³-hybridized carbons (Fsp3) is 0.647. The highest BCUT2D eigenvalue weighted by atomic mass is 35.5. The van der Waals surface area contributed by atoms with Gasteiger partial charge in [0.2, 0.25) is 0 Å². The van der Waals surface area contributed by atoms with E-state index in [9.17, 15) is 0 Å². The van der Waals surface area contributed by atoms with Gasteiger partial charge in [-0.15, -0.1) is 0 Å². The minimum atomic E-state index is -0.290. The summed E-state index contributed by atoms with van der Waals surface area (Å²) in [6.45, 7) is 7.33. The molecule has 118 valence electrons. The largest absolute Gasteiger partial charge is 0.373 e. The summed E-state index contributed by atoms with van der Waals surface area (Å²) in [5.41, 5.74) is 7.65. The summed E-state index contributed by atoms with van der Waals surface area (Å²) in [5, 5.41) is 1.11. The zero-order chi connectivity index (χ0) is 15.7. The van der Waals surface area contributed by atoms with E-state index in [1.54, 1.807) is 0 Å². The summed E-state index contributed by atoms with van der Waals surface area (Å²) in [5.74, 6) is 0. The molecule has 1 aliphatic carbocycles. The molecule has 1 atom stereocenters. The van der Waals surface area contributed by atoms with Crippen molar-refractivity contribution in [3.05, 3.63) is 33.8 Å². The highest BCUT2D eigenvalue weighted by molar-refractivity contribution is 6.42. The normalized spacial score (nSPS) is 22.0. The van der Waals surface area contributed by atoms with Crippen molar-refractivity contribution in [2.75, 3.05) is 6.61 Å². The van der Waals surface area contributed by atoms with Crippen LogP contribution in [0, 0.1) is 5.41 Å². The van der Waals surface area contributed by atoms with E-state index in [1.165, 1.54) is 0 Å². The number of rotatable bonds is 4. The summed E-state index contributed by atoms with van der Waals surface area (Å²) in [6.07, 6.45) is 4.22. The van der Waals surface area contributed by atoms with Crippen LogP contribution in [0.15, 0.2) is 18.2 Å². The smallest absolute Gasteiger partial charge is 0.0874 e. The van der Waals surface area contributed by atoms with Crippen molar-refractivity contribution < 1.29 is 4.74 Å². The first-order chi connectivity index (χ1) is 9.80. The molecule has 1 unspecified atom stereocenters. The average Bonchev–Trinajstić information content (AvgIpc) is 2.44. The van der Waals surface area contributed by atoms with Gasteiger partial charge in [0.1, 0.15) is 0 Å². The van der Waals surface area contributed by atoms with Crippen molar-refractivity contribution in [3.8, 4) is 0 Å². The molecular weight excluding hydrogens is 305 g/mol. The van der Waals surface area contributed by atoms with E-state index in [-0.39, 0.29) is 11.6 Å². The Morgan fingerprint density at radius 2 is 1.76 bits per heavy atom. The molecule has 0 amide bonds. The molecule has 0 aromatic heterocycles. The van der Waals surface area contributed by atoms with E-state index in [1.807, 2.05) is 25.1 Å². The van der Waals surface area contributed by atoms with Crippen LogP contribution in [-0.4, -0.2) is 12.2 Å². The molecule has 1 fully saturated rings. The molecule has 1 aromatic carbocycles. The van der Waals surface area contributed by atoms with Crippen molar-refractivity contribution >= 4 is 23.2 Å². The zero-order valence-electron chi connectivity index (χ0n) is 13.1. The number of nitrogens with two attached hydrogens (primary N) is 1. The number of ether oxygens (including phenoxy) is 1. The van der Waals surface area contributed by atoms with Gasteiger partial charge in [-0.25, -0.2) is 0 Å². The molecule has 1 saturated carbocycles. The Labute approximate surface area is 137 Å². The van der Waals surface area contributed by atoms with Crippen LogP contribution in [0.4, 0.5) is 0 Å². The molecule has 0 aliphatic heterocycles. The summed E-state index contributed by atoms with van der Waals surface area (Å²) >= 11 is 12.1. The molecular formula is C17H25Cl2NO. The lowest BCUT2D eigenvalue weighted by atomic mass is 9.67. The summed E-state index contributed by atoms with van der Waals surface area (Å²) in [7, 11) is 0. The molecule has 0 bridgehead atoms. The van der Waals surface area contributed by atoms with Crippen LogP contribution in [0.5, 0.6) is 0 Å². The highest BCUT2D eigenvalue weighted by Gasteiger charge is 2.43. The Hall–Kier alpha value is -0.280. The van der Waals surface area contributed by atoms with E-state index in [0.29, 0.717) is 22.1 Å². The number of hydrogen-bond donors (Lipinski definition) is 1. The molecule has 1 aliphatic rings. The first kappa shape index (κ1) is 17.1. The maximum Gasteiger partial charge on any atom is 0.0874 e. The van der Waals surface area contributed by atoms with E-state index in [0.717, 1.165) is 31.2 Å². The van der Waals surface area contributed by atoms with E-state index in [4.69, 9.17) is 33.7 Å². The average molecular weight is 330 g/mol. The van der Waals surface area contributed by atoms with E-state index < -0.39 is 0 Å². The third kappa shape index (κ3) is 3.73. The number of hydrogen-bond acceptors (Lipinski definition) is 2. The first-order valence-electron chi connectivity index (χ1n) is 7.64. The predicted octanol–water partition coefficient (Wildman–Crippen LogP) is 5.37. The van der Waals surface area contributed by atoms with Crippen molar-refractivity contribution in [1.29, 1.82) is 0 Å². The topological polar surface area (TPSA) is 35.2 Å². The minimum absolute atomic E-state index is 0.177. The molecule has 2 nitrogen and oxygen atoms in total. The van der Waals surface area contributed by atoms with Crippen LogP contribution < -0.4 is 5.73 Å². The Bertz CT molecular complexity index is 492. The van der Waals surface area contributed by atoms with Gasteiger partial charge in [0.25, 0.3) is 0 Å². The molecule has 0 saturated heterocycles. The van der Waals surface area contributed by atoms with Gasteiger partial charge in [0.05, 0.1) is 21.7 Å². The lowest BCUT2D eigenvalue weighted by molar-refractivity contribution is -0.100. The molecule has 0 radical (unpaired) electrons. The third-order valence-corrected chi connectivity index (χ3v) is 5.49. The van der Waals surface area contributed by atoms with Crippen LogP contribution in [0.2, 0.25) is 10.0 Å². The van der Waals surface area contributed by atoms with Gasteiger partial charge >= 0.3 is 0 Å². The molecule has 0 spiro atoms. The minimum Gasteiger partial charge on any atom is -0.373 e. The van der Waals surface area contributed by atoms with Gasteiger partial charge in [-0.3, -0.25) is 0 Å². The maximum atomic E-state index is 6.57. The standard InChI is InChI=1S/C17H25Cl2NO/c1-4-21-17(9-7-16(2,3)8-10-17)15(20)12-5-6-13(18)14(19)11-12/h5-6,11,15H,4,7-10,20H2,1-3H3. The second-order valence-electron chi connectivity index (χ2n) is 6.81. The van der Waals surface area contributed by atoms with Crippen molar-refractivity contribution in [2.24, 2.45) is 11.1 Å². The van der Waals surface area contributed by atoms with Crippen LogP contribution in [0.25, 0.3) is 0 Å². The Balaban J connectivity index is 2.27. The molecule has 2 rings (SSSR count). The van der Waals surface area contributed by atoms with Gasteiger partial charge in [0, 0.05) is 6.61 Å². The van der Waals surface area contributed by atoms with Crippen LogP contribution in [-0.2, 0) is 4.74 Å². The Morgan fingerprint density at radius 1 is 1.14 bits per heavy atom. The van der Waals surface area contributed by atoms with E-state index in [2.05, 4.69) is 13.8 Å². The van der Waals surface area contributed by atoms with Crippen molar-refractivity contribution in [1.82, 2.24) is 0 Å². The SMILES string of the molecule is CCOC1(C(N)c2ccc(Cl)c(Cl)c2)CCC(C)(C)CC1. The lowest BCUT2D eigenvalue weighted by Gasteiger charge is -2.46. The third-order valence-electron chi connectivity index (χ3n) is 4.75. The molecule has 21 heavy (non-hydrogen) atoms. The monoisotopic (exact) mass is 329 g/mol. The van der Waals surface area contributed by atoms with Crippen LogP contribution in [0.1, 0.15) is 58.1 Å². The zero-order valence-corrected chi connectivity index (χ0v) is 14.6. The fourth-order valence-corrected chi connectivity index (χ4v) is 3.50. The fourth-order valence-electron chi connectivity index (χ4n) is 3.19. The van der Waals surface area contributed by atoms with Gasteiger partial charge in [-0.05, 0) is 55.7 Å². The predicted molar refractivity (Wildman–Crippen MR) is 90.0 cm³/mol. The molecule has 1 aromatic rings. The van der Waals surface area contributed by atoms with Crippen LogP contribution >= 0.6 is 23.2 Å². The quantitative estimate of drug-likeness (QED) is 0.805. The van der Waals surface area contributed by atoms with E-state index >= 15 is 0 Å². The molecule has 2 N–H and O–H groups in total. The molecule has 4 heteroatoms. The maximum absolute atomic E-state index is 6.57. The highest BCUT2D eigenvalue weighted by Crippen LogP contribution is 2.47.